The van der Waals surface area contributed by atoms with Gasteiger partial charge in [0.15, 0.2) is 0 Å². The van der Waals surface area contributed by atoms with Gasteiger partial charge in [0, 0.05) is 0 Å². The molecule has 1 N–H and O–H groups in total. The molecule has 26 heavy (non-hydrogen) atoms. The lowest BCUT2D eigenvalue weighted by atomic mass is 9.81. The summed E-state index contributed by atoms with van der Waals surface area (Å²) >= 11 is 0. The van der Waals surface area contributed by atoms with E-state index in [2.05, 4.69) is 6.92 Å². The molecule has 6 heteroatoms. The van der Waals surface area contributed by atoms with E-state index in [-0.39, 0.29) is 12.0 Å². The molecule has 0 aliphatic carbocycles. The molecule has 3 atom stereocenters. The molecule has 0 saturated carbocycles. The molecule has 1 amide bonds. The quantitative estimate of drug-likeness (QED) is 0.373. The molecule has 154 valence electrons. The van der Waals surface area contributed by atoms with Crippen LogP contribution in [0.4, 0.5) is 4.79 Å². The summed E-state index contributed by atoms with van der Waals surface area (Å²) in [6.45, 7) is 11.3. The van der Waals surface area contributed by atoms with Crippen LogP contribution in [0.5, 0.6) is 0 Å². The lowest BCUT2D eigenvalue weighted by Gasteiger charge is -2.37. The number of aliphatic carboxylic acids is 1. The van der Waals surface area contributed by atoms with Gasteiger partial charge in [0.25, 0.3) is 0 Å². The fourth-order valence-electron chi connectivity index (χ4n) is 3.23. The molecule has 6 nitrogen and oxygen atoms in total. The molecular formula is C20H39NO5. The van der Waals surface area contributed by atoms with E-state index in [1.807, 2.05) is 6.92 Å². The number of carboxylic acid groups (broad SMARTS) is 1. The molecule has 0 rings (SSSR count). The second kappa shape index (κ2) is 12.2. The van der Waals surface area contributed by atoms with Crippen LogP contribution in [0.25, 0.3) is 0 Å². The molecule has 0 aliphatic heterocycles. The Morgan fingerprint density at radius 2 is 1.65 bits per heavy atom. The molecule has 0 radical (unpaired) electrons. The van der Waals surface area contributed by atoms with E-state index in [9.17, 15) is 14.7 Å². The zero-order valence-corrected chi connectivity index (χ0v) is 17.7. The summed E-state index contributed by atoms with van der Waals surface area (Å²) < 4.78 is 5.48. The summed E-state index contributed by atoms with van der Waals surface area (Å²) in [5.74, 6) is -1.60. The first-order valence-electron chi connectivity index (χ1n) is 9.88. The van der Waals surface area contributed by atoms with Gasteiger partial charge in [-0.2, -0.15) is 5.06 Å². The Hall–Kier alpha value is -1.30. The summed E-state index contributed by atoms with van der Waals surface area (Å²) in [7, 11) is 1.44. The molecule has 0 spiro atoms. The third kappa shape index (κ3) is 8.88. The second-order valence-electron chi connectivity index (χ2n) is 7.98. The van der Waals surface area contributed by atoms with Crippen molar-refractivity contribution < 1.29 is 24.3 Å². The van der Waals surface area contributed by atoms with Crippen LogP contribution in [0.15, 0.2) is 0 Å². The average molecular weight is 374 g/mol. The van der Waals surface area contributed by atoms with E-state index in [0.717, 1.165) is 32.1 Å². The summed E-state index contributed by atoms with van der Waals surface area (Å²) in [6, 6.07) is -0.322. The monoisotopic (exact) mass is 373 g/mol. The molecular weight excluding hydrogens is 334 g/mol. The first kappa shape index (κ1) is 24.7. The second-order valence-corrected chi connectivity index (χ2v) is 7.98. The Kier molecular flexibility index (Phi) is 11.5. The van der Waals surface area contributed by atoms with Gasteiger partial charge in [-0.3, -0.25) is 9.63 Å². The summed E-state index contributed by atoms with van der Waals surface area (Å²) in [5, 5.41) is 10.8. The first-order valence-corrected chi connectivity index (χ1v) is 9.88. The lowest BCUT2D eigenvalue weighted by molar-refractivity contribution is -0.171. The highest BCUT2D eigenvalue weighted by Gasteiger charge is 2.38. The van der Waals surface area contributed by atoms with Crippen molar-refractivity contribution in [3.8, 4) is 0 Å². The minimum atomic E-state index is -0.845. The maximum Gasteiger partial charge on any atom is 0.434 e. The Labute approximate surface area is 159 Å². The largest absolute Gasteiger partial charge is 0.481 e. The third-order valence-electron chi connectivity index (χ3n) is 4.57. The van der Waals surface area contributed by atoms with E-state index in [1.54, 1.807) is 27.7 Å². The van der Waals surface area contributed by atoms with Crippen LogP contribution >= 0.6 is 0 Å². The van der Waals surface area contributed by atoms with Crippen molar-refractivity contribution in [2.24, 2.45) is 11.8 Å². The summed E-state index contributed by atoms with van der Waals surface area (Å²) in [5.41, 5.74) is -0.640. The smallest absolute Gasteiger partial charge is 0.434 e. The number of carboxylic acids is 1. The highest BCUT2D eigenvalue weighted by atomic mass is 16.7. The summed E-state index contributed by atoms with van der Waals surface area (Å²) in [4.78, 5) is 29.7. The number of hydrogen-bond donors (Lipinski definition) is 1. The number of hydroxylamine groups is 2. The van der Waals surface area contributed by atoms with Gasteiger partial charge < -0.3 is 9.84 Å². The maximum absolute atomic E-state index is 12.7. The highest BCUT2D eigenvalue weighted by Crippen LogP contribution is 2.30. The number of unbranched alkanes of at least 4 members (excludes halogenated alkanes) is 3. The van der Waals surface area contributed by atoms with Crippen molar-refractivity contribution in [3.05, 3.63) is 0 Å². The normalized spacial score (nSPS) is 15.2. The van der Waals surface area contributed by atoms with Crippen molar-refractivity contribution >= 4 is 12.1 Å². The van der Waals surface area contributed by atoms with Gasteiger partial charge in [0.1, 0.15) is 5.60 Å². The van der Waals surface area contributed by atoms with Crippen LogP contribution in [0, 0.1) is 11.8 Å². The van der Waals surface area contributed by atoms with Gasteiger partial charge in [0.2, 0.25) is 0 Å². The summed E-state index contributed by atoms with van der Waals surface area (Å²) in [6.07, 6.45) is 5.93. The predicted molar refractivity (Wildman–Crippen MR) is 103 cm³/mol. The van der Waals surface area contributed by atoms with Crippen LogP contribution in [0.3, 0.4) is 0 Å². The van der Waals surface area contributed by atoms with Crippen molar-refractivity contribution in [2.45, 2.75) is 98.1 Å². The average Bonchev–Trinajstić information content (AvgIpc) is 2.53. The number of rotatable bonds is 12. The number of ether oxygens (including phenoxy) is 1. The third-order valence-corrected chi connectivity index (χ3v) is 4.57. The minimum Gasteiger partial charge on any atom is -0.481 e. The van der Waals surface area contributed by atoms with Crippen molar-refractivity contribution in [1.82, 2.24) is 5.06 Å². The molecule has 0 bridgehead atoms. The Morgan fingerprint density at radius 1 is 1.04 bits per heavy atom. The van der Waals surface area contributed by atoms with Crippen molar-refractivity contribution in [1.29, 1.82) is 0 Å². The van der Waals surface area contributed by atoms with Crippen LogP contribution in [0.1, 0.15) is 86.5 Å². The van der Waals surface area contributed by atoms with Gasteiger partial charge in [-0.25, -0.2) is 4.79 Å². The molecule has 3 unspecified atom stereocenters. The molecule has 0 aliphatic rings. The number of carbonyl (C=O) groups excluding carboxylic acids is 1. The SMILES string of the molecule is CCCCCCC(C(CCC)C(C)C(=O)O)N(OC)C(=O)OC(C)(C)C. The van der Waals surface area contributed by atoms with Gasteiger partial charge in [-0.05, 0) is 39.5 Å². The van der Waals surface area contributed by atoms with E-state index in [1.165, 1.54) is 12.2 Å². The van der Waals surface area contributed by atoms with Crippen molar-refractivity contribution in [2.75, 3.05) is 7.11 Å². The van der Waals surface area contributed by atoms with Crippen LogP contribution in [0.2, 0.25) is 0 Å². The highest BCUT2D eigenvalue weighted by molar-refractivity contribution is 5.70. The lowest BCUT2D eigenvalue weighted by Crippen LogP contribution is -2.48. The fraction of sp³-hybridized carbons (Fsp3) is 0.900. The Balaban J connectivity index is 5.54. The zero-order valence-electron chi connectivity index (χ0n) is 17.7. The Morgan fingerprint density at radius 3 is 2.08 bits per heavy atom. The maximum atomic E-state index is 12.7. The van der Waals surface area contributed by atoms with E-state index >= 15 is 0 Å². The van der Waals surface area contributed by atoms with Gasteiger partial charge in [0.05, 0.1) is 19.1 Å². The van der Waals surface area contributed by atoms with E-state index < -0.39 is 23.6 Å². The Bertz CT molecular complexity index is 419. The first-order chi connectivity index (χ1) is 12.1. The predicted octanol–water partition coefficient (Wildman–Crippen LogP) is 5.26. The van der Waals surface area contributed by atoms with Gasteiger partial charge in [-0.1, -0.05) is 52.9 Å². The molecule has 0 heterocycles. The van der Waals surface area contributed by atoms with Crippen LogP contribution < -0.4 is 0 Å². The molecule has 0 aromatic heterocycles. The zero-order chi connectivity index (χ0) is 20.3. The van der Waals surface area contributed by atoms with Crippen molar-refractivity contribution in [3.63, 3.8) is 0 Å². The van der Waals surface area contributed by atoms with Gasteiger partial charge in [-0.15, -0.1) is 0 Å². The number of nitrogens with zero attached hydrogens (tertiary/aromatic N) is 1. The molecule has 0 aromatic rings. The minimum absolute atomic E-state index is 0.188. The topological polar surface area (TPSA) is 76.1 Å². The number of hydrogen-bond acceptors (Lipinski definition) is 4. The van der Waals surface area contributed by atoms with E-state index in [4.69, 9.17) is 9.57 Å². The fourth-order valence-corrected chi connectivity index (χ4v) is 3.23. The van der Waals surface area contributed by atoms with Gasteiger partial charge >= 0.3 is 12.1 Å². The van der Waals surface area contributed by atoms with Crippen LogP contribution in [-0.4, -0.2) is 41.0 Å². The van der Waals surface area contributed by atoms with Crippen LogP contribution in [-0.2, 0) is 14.4 Å². The molecule has 0 fully saturated rings. The number of carbonyl (C=O) groups is 2. The molecule has 0 aromatic carbocycles. The van der Waals surface area contributed by atoms with E-state index in [0.29, 0.717) is 12.8 Å². The standard InChI is InChI=1S/C20H39NO5/c1-8-10-11-12-14-17(16(13-9-2)15(3)18(22)23)21(25-7)19(24)26-20(4,5)6/h15-17H,8-14H2,1-7H3,(H,22,23). The number of amides is 1. The molecule has 0 saturated heterocycles.